The summed E-state index contributed by atoms with van der Waals surface area (Å²) in [6.45, 7) is 2.47. The number of hydrogen-bond acceptors (Lipinski definition) is 6. The average Bonchev–Trinajstić information content (AvgIpc) is 3.03. The van der Waals surface area contributed by atoms with Gasteiger partial charge in [-0.3, -0.25) is 18.6 Å². The van der Waals surface area contributed by atoms with Gasteiger partial charge < -0.3 is 24.9 Å². The zero-order chi connectivity index (χ0) is 36.6. The number of amides is 1. The summed E-state index contributed by atoms with van der Waals surface area (Å²) in [5.74, 6) is -0.939. The number of aliphatic hydroxyl groups excluding tert-OH is 1. The fourth-order valence-corrected chi connectivity index (χ4v) is 6.14. The van der Waals surface area contributed by atoms with Gasteiger partial charge in [0.1, 0.15) is 13.2 Å². The molecule has 0 heterocycles. The molecule has 10 nitrogen and oxygen atoms in total. The van der Waals surface area contributed by atoms with Crippen molar-refractivity contribution in [3.05, 3.63) is 12.2 Å². The van der Waals surface area contributed by atoms with Gasteiger partial charge in [-0.2, -0.15) is 0 Å². The summed E-state index contributed by atoms with van der Waals surface area (Å²) in [7, 11) is 1.49. The van der Waals surface area contributed by atoms with Crippen LogP contribution in [0.25, 0.3) is 0 Å². The third kappa shape index (κ3) is 33.2. The lowest BCUT2D eigenvalue weighted by Gasteiger charge is -2.25. The number of likely N-dealkylation sites (N-methyl/N-ethyl adjacent to an activating group) is 1. The monoisotopic (exact) mass is 708 g/mol. The molecule has 4 N–H and O–H groups in total. The molecule has 0 aromatic rings. The van der Waals surface area contributed by atoms with Gasteiger partial charge in [-0.25, -0.2) is 4.57 Å². The highest BCUT2D eigenvalue weighted by atomic mass is 31.2. The van der Waals surface area contributed by atoms with Crippen LogP contribution in [0.2, 0.25) is 0 Å². The Morgan fingerprint density at radius 2 is 1.25 bits per heavy atom. The number of hydrogen-bond donors (Lipinski definition) is 4. The van der Waals surface area contributed by atoms with Crippen LogP contribution >= 0.6 is 7.82 Å². The van der Waals surface area contributed by atoms with Crippen molar-refractivity contribution in [3.8, 4) is 0 Å². The molecule has 0 aliphatic carbocycles. The molecular weight excluding hydrogens is 631 g/mol. The number of carboxylic acids is 1. The fraction of sp³-hybridized carbons (Fsp3) is 0.892. The molecule has 0 radical (unpaired) electrons. The summed E-state index contributed by atoms with van der Waals surface area (Å²) < 4.78 is 31.2. The molecule has 0 spiro atoms. The van der Waals surface area contributed by atoms with Crippen molar-refractivity contribution < 1.29 is 42.8 Å². The normalized spacial score (nSPS) is 14.9. The molecule has 0 aliphatic rings. The van der Waals surface area contributed by atoms with Gasteiger partial charge in [0, 0.05) is 12.8 Å². The van der Waals surface area contributed by atoms with E-state index in [9.17, 15) is 19.0 Å². The molecule has 0 fully saturated rings. The van der Waals surface area contributed by atoms with Crippen LogP contribution in [0.5, 0.6) is 0 Å². The van der Waals surface area contributed by atoms with E-state index in [1.54, 1.807) is 6.08 Å². The number of carbonyl (C=O) groups excluding carboxylic acids is 1. The lowest BCUT2D eigenvalue weighted by Crippen LogP contribution is -2.45. The SMILES string of the molecule is [3H]OC(/C=C/CCCCCCCCCCCCC)C(COP(=O)(O)OCC[N+](C)(C)C)NC(=O)CCCCCCCCCCCCC(=O)O. The third-order valence-electron chi connectivity index (χ3n) is 8.52. The van der Waals surface area contributed by atoms with Crippen LogP contribution in [0, 0.1) is 0 Å². The largest absolute Gasteiger partial charge is 0.481 e. The fourth-order valence-electron chi connectivity index (χ4n) is 5.41. The van der Waals surface area contributed by atoms with Crippen molar-refractivity contribution >= 4 is 19.7 Å². The van der Waals surface area contributed by atoms with Gasteiger partial charge in [-0.05, 0) is 25.7 Å². The lowest BCUT2D eigenvalue weighted by molar-refractivity contribution is -0.870. The molecule has 0 aromatic carbocycles. The maximum atomic E-state index is 12.9. The van der Waals surface area contributed by atoms with Crippen molar-refractivity contribution in [2.45, 2.75) is 173 Å². The second kappa shape index (κ2) is 30.5. The summed E-state index contributed by atoms with van der Waals surface area (Å²) >= 11 is 0. The maximum absolute atomic E-state index is 12.9. The van der Waals surface area contributed by atoms with Crippen molar-refractivity contribution in [2.75, 3.05) is 40.9 Å². The van der Waals surface area contributed by atoms with Crippen LogP contribution < -0.4 is 5.32 Å². The highest BCUT2D eigenvalue weighted by Crippen LogP contribution is 2.43. The van der Waals surface area contributed by atoms with Gasteiger partial charge in [0.05, 0.1) is 39.9 Å². The van der Waals surface area contributed by atoms with Gasteiger partial charge in [-0.1, -0.05) is 135 Å². The van der Waals surface area contributed by atoms with E-state index in [2.05, 4.69) is 12.2 Å². The molecular formula is C37H74N2O8P+. The van der Waals surface area contributed by atoms with Crippen molar-refractivity contribution in [1.82, 2.24) is 5.32 Å². The van der Waals surface area contributed by atoms with Crippen molar-refractivity contribution in [1.29, 1.82) is 1.43 Å². The van der Waals surface area contributed by atoms with Gasteiger partial charge in [0.25, 0.3) is 0 Å². The van der Waals surface area contributed by atoms with E-state index in [1.807, 2.05) is 27.2 Å². The van der Waals surface area contributed by atoms with Crippen LogP contribution in [0.3, 0.4) is 0 Å². The summed E-state index contributed by atoms with van der Waals surface area (Å²) in [5, 5.41) is 16.5. The maximum Gasteiger partial charge on any atom is 0.472 e. The Bertz CT molecular complexity index is 887. The first-order valence-electron chi connectivity index (χ1n) is 19.5. The van der Waals surface area contributed by atoms with E-state index in [-0.39, 0.29) is 25.5 Å². The number of phosphoric acid groups is 1. The number of nitrogens with zero attached hydrogens (tertiary/aromatic N) is 1. The van der Waals surface area contributed by atoms with Crippen LogP contribution in [0.15, 0.2) is 12.2 Å². The van der Waals surface area contributed by atoms with Gasteiger partial charge in [0.15, 0.2) is 0 Å². The number of aliphatic carboxylic acids is 1. The smallest absolute Gasteiger partial charge is 0.472 e. The molecule has 3 unspecified atom stereocenters. The molecule has 284 valence electrons. The Kier molecular flexibility index (Phi) is 28.4. The molecule has 11 heteroatoms. The zero-order valence-corrected chi connectivity index (χ0v) is 32.0. The number of carbonyl (C=O) groups is 2. The standard InChI is InChI=1S/C37H73N2O8P/c1-5-6-7-8-9-10-11-12-13-16-19-22-25-28-35(40)34(33-47-48(44,45)46-32-31-39(2,3)4)38-36(41)29-26-23-20-17-14-15-18-21-24-27-30-37(42)43/h25,28,34-35,40H,5-24,26-27,29-33H2,1-4H3,(H2-,38,41,42,43,44,45)/p+1/b28-25+/i40T. The minimum Gasteiger partial charge on any atom is -0.481 e. The number of nitrogens with one attached hydrogen (secondary N) is 1. The second-order valence-electron chi connectivity index (χ2n) is 14.4. The summed E-state index contributed by atoms with van der Waals surface area (Å²) in [6.07, 6.45) is 28.2. The number of unbranched alkanes of at least 4 members (excludes halogenated alkanes) is 20. The van der Waals surface area contributed by atoms with E-state index in [0.717, 1.165) is 83.5 Å². The summed E-state index contributed by atoms with van der Waals surface area (Å²) in [6, 6.07) is -0.823. The minimum atomic E-state index is -4.36. The highest BCUT2D eigenvalue weighted by Gasteiger charge is 2.27. The molecule has 48 heavy (non-hydrogen) atoms. The highest BCUT2D eigenvalue weighted by molar-refractivity contribution is 7.47. The third-order valence-corrected chi connectivity index (χ3v) is 9.51. The number of aliphatic hydroxyl groups is 1. The van der Waals surface area contributed by atoms with E-state index in [0.29, 0.717) is 17.4 Å². The number of rotatable bonds is 36. The summed E-state index contributed by atoms with van der Waals surface area (Å²) in [4.78, 5) is 33.7. The molecule has 1 amide bonds. The quantitative estimate of drug-likeness (QED) is 0.0219. The van der Waals surface area contributed by atoms with Crippen LogP contribution in [0.4, 0.5) is 0 Å². The Balaban J connectivity index is 4.65. The number of quaternary nitrogens is 1. The van der Waals surface area contributed by atoms with Crippen LogP contribution in [-0.4, -0.2) is 85.9 Å². The van der Waals surface area contributed by atoms with Crippen molar-refractivity contribution in [3.63, 3.8) is 0 Å². The molecule has 0 bridgehead atoms. The van der Waals surface area contributed by atoms with Gasteiger partial charge in [-0.15, -0.1) is 0 Å². The molecule has 0 rings (SSSR count). The molecule has 0 saturated heterocycles. The van der Waals surface area contributed by atoms with E-state index >= 15 is 0 Å². The van der Waals surface area contributed by atoms with E-state index < -0.39 is 25.9 Å². The first-order chi connectivity index (χ1) is 23.4. The summed E-state index contributed by atoms with van der Waals surface area (Å²) in [5.41, 5.74) is 0. The Morgan fingerprint density at radius 3 is 1.73 bits per heavy atom. The average molecular weight is 708 g/mol. The van der Waals surface area contributed by atoms with Crippen LogP contribution in [0.1, 0.15) is 161 Å². The zero-order valence-electron chi connectivity index (χ0n) is 32.1. The lowest BCUT2D eigenvalue weighted by atomic mass is 10.0. The molecule has 3 atom stereocenters. The first kappa shape index (κ1) is 44.7. The molecule has 0 saturated carbocycles. The number of allylic oxidation sites excluding steroid dienone is 1. The number of carboxylic acid groups (broad SMARTS) is 1. The van der Waals surface area contributed by atoms with E-state index in [4.69, 9.17) is 20.7 Å². The predicted octanol–water partition coefficient (Wildman–Crippen LogP) is 8.70. The number of phosphoric ester groups is 1. The topological polar surface area (TPSA) is 142 Å². The van der Waals surface area contributed by atoms with Gasteiger partial charge >= 0.3 is 13.8 Å². The van der Waals surface area contributed by atoms with Crippen molar-refractivity contribution in [2.24, 2.45) is 0 Å². The minimum absolute atomic E-state index is 0.0400. The first-order valence-corrected chi connectivity index (χ1v) is 20.6. The molecule has 0 aliphatic heterocycles. The Morgan fingerprint density at radius 1 is 0.771 bits per heavy atom. The molecule has 0 aromatic heterocycles. The Hall–Kier alpha value is -1.29. The van der Waals surface area contributed by atoms with Crippen LogP contribution in [-0.2, 0) is 23.2 Å². The van der Waals surface area contributed by atoms with Gasteiger partial charge in [0.2, 0.25) is 7.34 Å². The Labute approximate surface area is 295 Å². The second-order valence-corrected chi connectivity index (χ2v) is 15.9. The van der Waals surface area contributed by atoms with E-state index in [1.165, 1.54) is 57.8 Å². The predicted molar refractivity (Wildman–Crippen MR) is 196 cm³/mol.